The van der Waals surface area contributed by atoms with Gasteiger partial charge >= 0.3 is 5.97 Å². The van der Waals surface area contributed by atoms with Crippen molar-refractivity contribution in [3.05, 3.63) is 47.9 Å². The van der Waals surface area contributed by atoms with Crippen molar-refractivity contribution in [2.45, 2.75) is 6.92 Å². The normalized spacial score (nSPS) is 9.94. The molecule has 0 saturated heterocycles. The fourth-order valence-corrected chi connectivity index (χ4v) is 1.32. The molecule has 2 aromatic rings. The quantitative estimate of drug-likeness (QED) is 0.844. The Morgan fingerprint density at radius 1 is 1.29 bits per heavy atom. The standard InChI is InChI=1S/C12H11N3O2/c1-8-2-3-10(7-14-8)15-11-6-9(12(16)17)4-5-13-11/h2-7H,1H3,(H,13,15)(H,16,17). The lowest BCUT2D eigenvalue weighted by atomic mass is 10.2. The zero-order valence-electron chi connectivity index (χ0n) is 9.21. The summed E-state index contributed by atoms with van der Waals surface area (Å²) in [6.07, 6.45) is 3.12. The molecule has 0 unspecified atom stereocenters. The maximum atomic E-state index is 10.8. The molecule has 0 atom stereocenters. The lowest BCUT2D eigenvalue weighted by Gasteiger charge is -2.05. The first-order valence-electron chi connectivity index (χ1n) is 5.04. The van der Waals surface area contributed by atoms with E-state index in [1.165, 1.54) is 18.3 Å². The molecule has 0 saturated carbocycles. The summed E-state index contributed by atoms with van der Waals surface area (Å²) in [6.45, 7) is 1.90. The molecule has 0 aromatic carbocycles. The second-order valence-corrected chi connectivity index (χ2v) is 3.55. The molecule has 2 heterocycles. The Labute approximate surface area is 98.2 Å². The third-order valence-corrected chi connectivity index (χ3v) is 2.19. The molecule has 2 rings (SSSR count). The van der Waals surface area contributed by atoms with Crippen LogP contribution in [0.25, 0.3) is 0 Å². The molecule has 0 bridgehead atoms. The van der Waals surface area contributed by atoms with Crippen molar-refractivity contribution in [3.63, 3.8) is 0 Å². The van der Waals surface area contributed by atoms with E-state index in [1.54, 1.807) is 6.20 Å². The molecule has 86 valence electrons. The zero-order chi connectivity index (χ0) is 12.3. The van der Waals surface area contributed by atoms with Crippen molar-refractivity contribution in [1.82, 2.24) is 9.97 Å². The molecular weight excluding hydrogens is 218 g/mol. The van der Waals surface area contributed by atoms with Crippen LogP contribution in [-0.4, -0.2) is 21.0 Å². The van der Waals surface area contributed by atoms with Crippen LogP contribution in [0.3, 0.4) is 0 Å². The molecule has 17 heavy (non-hydrogen) atoms. The molecule has 0 radical (unpaired) electrons. The van der Waals surface area contributed by atoms with Gasteiger partial charge in [0, 0.05) is 11.9 Å². The molecular formula is C12H11N3O2. The second kappa shape index (κ2) is 4.61. The first-order valence-corrected chi connectivity index (χ1v) is 5.04. The maximum Gasteiger partial charge on any atom is 0.335 e. The van der Waals surface area contributed by atoms with Gasteiger partial charge in [0.25, 0.3) is 0 Å². The van der Waals surface area contributed by atoms with Gasteiger partial charge in [0.05, 0.1) is 17.4 Å². The highest BCUT2D eigenvalue weighted by Crippen LogP contribution is 2.14. The Hall–Kier alpha value is -2.43. The van der Waals surface area contributed by atoms with Gasteiger partial charge in [-0.2, -0.15) is 0 Å². The van der Waals surface area contributed by atoms with Crippen molar-refractivity contribution in [2.24, 2.45) is 0 Å². The van der Waals surface area contributed by atoms with Gasteiger partial charge in [-0.1, -0.05) is 0 Å². The third-order valence-electron chi connectivity index (χ3n) is 2.19. The van der Waals surface area contributed by atoms with Gasteiger partial charge in [0.1, 0.15) is 5.82 Å². The van der Waals surface area contributed by atoms with E-state index in [0.717, 1.165) is 11.4 Å². The molecule has 0 amide bonds. The van der Waals surface area contributed by atoms with E-state index in [2.05, 4.69) is 15.3 Å². The highest BCUT2D eigenvalue weighted by Gasteiger charge is 2.04. The summed E-state index contributed by atoms with van der Waals surface area (Å²) in [5.74, 6) is -0.493. The topological polar surface area (TPSA) is 75.1 Å². The number of rotatable bonds is 3. The largest absolute Gasteiger partial charge is 0.478 e. The number of carboxylic acids is 1. The van der Waals surface area contributed by atoms with E-state index in [9.17, 15) is 4.79 Å². The summed E-state index contributed by atoms with van der Waals surface area (Å²) in [6, 6.07) is 6.64. The number of hydrogen-bond donors (Lipinski definition) is 2. The lowest BCUT2D eigenvalue weighted by molar-refractivity contribution is 0.0697. The van der Waals surface area contributed by atoms with E-state index in [4.69, 9.17) is 5.11 Å². The van der Waals surface area contributed by atoms with Crippen molar-refractivity contribution >= 4 is 17.5 Å². The van der Waals surface area contributed by atoms with Crippen LogP contribution in [0.15, 0.2) is 36.7 Å². The first kappa shape index (κ1) is 11.1. The van der Waals surface area contributed by atoms with Crippen molar-refractivity contribution in [3.8, 4) is 0 Å². The smallest absolute Gasteiger partial charge is 0.335 e. The molecule has 5 heteroatoms. The van der Waals surface area contributed by atoms with Crippen LogP contribution in [0, 0.1) is 6.92 Å². The van der Waals surface area contributed by atoms with E-state index in [-0.39, 0.29) is 5.56 Å². The number of nitrogens with one attached hydrogen (secondary N) is 1. The zero-order valence-corrected chi connectivity index (χ0v) is 9.21. The van der Waals surface area contributed by atoms with Gasteiger partial charge in [0.15, 0.2) is 0 Å². The third kappa shape index (κ3) is 2.78. The van der Waals surface area contributed by atoms with Crippen LogP contribution in [0.1, 0.15) is 16.1 Å². The lowest BCUT2D eigenvalue weighted by Crippen LogP contribution is -2.00. The van der Waals surface area contributed by atoms with Crippen LogP contribution >= 0.6 is 0 Å². The predicted molar refractivity (Wildman–Crippen MR) is 63.5 cm³/mol. The maximum absolute atomic E-state index is 10.8. The van der Waals surface area contributed by atoms with Gasteiger partial charge < -0.3 is 10.4 Å². The average molecular weight is 229 g/mol. The fourth-order valence-electron chi connectivity index (χ4n) is 1.32. The van der Waals surface area contributed by atoms with Crippen LogP contribution in [-0.2, 0) is 0 Å². The molecule has 0 spiro atoms. The number of aromatic carboxylic acids is 1. The van der Waals surface area contributed by atoms with Crippen molar-refractivity contribution in [1.29, 1.82) is 0 Å². The summed E-state index contributed by atoms with van der Waals surface area (Å²) < 4.78 is 0. The Morgan fingerprint density at radius 3 is 2.76 bits per heavy atom. The number of aryl methyl sites for hydroxylation is 1. The summed E-state index contributed by atoms with van der Waals surface area (Å²) in [5, 5.41) is 11.8. The molecule has 2 N–H and O–H groups in total. The Kier molecular flexibility index (Phi) is 3.00. The minimum absolute atomic E-state index is 0.197. The van der Waals surface area contributed by atoms with E-state index in [0.29, 0.717) is 5.82 Å². The number of carbonyl (C=O) groups is 1. The van der Waals surface area contributed by atoms with Gasteiger partial charge in [-0.25, -0.2) is 9.78 Å². The van der Waals surface area contributed by atoms with Crippen molar-refractivity contribution < 1.29 is 9.90 Å². The Balaban J connectivity index is 2.21. The molecule has 0 aliphatic heterocycles. The number of hydrogen-bond acceptors (Lipinski definition) is 4. The van der Waals surface area contributed by atoms with E-state index >= 15 is 0 Å². The SMILES string of the molecule is Cc1ccc(Nc2cc(C(=O)O)ccn2)cn1. The number of nitrogens with zero attached hydrogens (tertiary/aromatic N) is 2. The number of aromatic nitrogens is 2. The van der Waals surface area contributed by atoms with Crippen LogP contribution in [0.4, 0.5) is 11.5 Å². The monoisotopic (exact) mass is 229 g/mol. The van der Waals surface area contributed by atoms with Gasteiger partial charge in [-0.15, -0.1) is 0 Å². The van der Waals surface area contributed by atoms with Crippen LogP contribution < -0.4 is 5.32 Å². The van der Waals surface area contributed by atoms with Crippen LogP contribution in [0.5, 0.6) is 0 Å². The van der Waals surface area contributed by atoms with Gasteiger partial charge in [-0.05, 0) is 31.2 Å². The highest BCUT2D eigenvalue weighted by atomic mass is 16.4. The van der Waals surface area contributed by atoms with Crippen molar-refractivity contribution in [2.75, 3.05) is 5.32 Å². The molecule has 0 aliphatic carbocycles. The summed E-state index contributed by atoms with van der Waals surface area (Å²) in [5.41, 5.74) is 1.89. The summed E-state index contributed by atoms with van der Waals surface area (Å²) in [7, 11) is 0. The Bertz CT molecular complexity index is 538. The number of carboxylic acid groups (broad SMARTS) is 1. The van der Waals surface area contributed by atoms with E-state index < -0.39 is 5.97 Å². The number of pyridine rings is 2. The Morgan fingerprint density at radius 2 is 2.12 bits per heavy atom. The first-order chi connectivity index (χ1) is 8.15. The number of anilines is 2. The van der Waals surface area contributed by atoms with Crippen LogP contribution in [0.2, 0.25) is 0 Å². The molecule has 0 aliphatic rings. The van der Waals surface area contributed by atoms with E-state index in [1.807, 2.05) is 19.1 Å². The van der Waals surface area contributed by atoms with Gasteiger partial charge in [0.2, 0.25) is 0 Å². The summed E-state index contributed by atoms with van der Waals surface area (Å²) >= 11 is 0. The highest BCUT2D eigenvalue weighted by molar-refractivity contribution is 5.88. The average Bonchev–Trinajstić information content (AvgIpc) is 2.32. The summed E-state index contributed by atoms with van der Waals surface area (Å²) in [4.78, 5) is 18.9. The second-order valence-electron chi connectivity index (χ2n) is 3.55. The fraction of sp³-hybridized carbons (Fsp3) is 0.0833. The molecule has 5 nitrogen and oxygen atoms in total. The molecule has 0 fully saturated rings. The molecule has 2 aromatic heterocycles. The van der Waals surface area contributed by atoms with Gasteiger partial charge in [-0.3, -0.25) is 4.98 Å². The predicted octanol–water partition coefficient (Wildman–Crippen LogP) is 2.23. The minimum Gasteiger partial charge on any atom is -0.478 e. The minimum atomic E-state index is -0.975.